The van der Waals surface area contributed by atoms with Crippen molar-refractivity contribution in [2.45, 2.75) is 19.4 Å². The number of anilines is 1. The third-order valence-electron chi connectivity index (χ3n) is 3.54. The number of para-hydroxylation sites is 1. The summed E-state index contributed by atoms with van der Waals surface area (Å²) in [5.74, 6) is -1.11. The van der Waals surface area contributed by atoms with E-state index < -0.39 is 11.5 Å². The average Bonchev–Trinajstić information content (AvgIpc) is 2.40. The van der Waals surface area contributed by atoms with Gasteiger partial charge in [-0.3, -0.25) is 4.79 Å². The fourth-order valence-electron chi connectivity index (χ4n) is 2.40. The number of aliphatic carboxylic acids is 1. The number of benzene rings is 1. The van der Waals surface area contributed by atoms with E-state index in [9.17, 15) is 9.59 Å². The normalized spacial score (nSPS) is 17.9. The summed E-state index contributed by atoms with van der Waals surface area (Å²) in [7, 11) is 0. The van der Waals surface area contributed by atoms with E-state index in [1.807, 2.05) is 18.7 Å². The van der Waals surface area contributed by atoms with Crippen molar-refractivity contribution in [2.24, 2.45) is 0 Å². The van der Waals surface area contributed by atoms with Gasteiger partial charge in [0.2, 0.25) is 5.91 Å². The minimum Gasteiger partial charge on any atom is -0.478 e. The predicted molar refractivity (Wildman–Crippen MR) is 82.6 cm³/mol. The smallest absolute Gasteiger partial charge is 0.328 e. The van der Waals surface area contributed by atoms with Crippen LogP contribution in [0.4, 0.5) is 5.69 Å². The summed E-state index contributed by atoms with van der Waals surface area (Å²) in [5, 5.41) is 12.1. The molecule has 0 atom stereocenters. The van der Waals surface area contributed by atoms with Crippen molar-refractivity contribution in [1.82, 2.24) is 5.32 Å². The number of halogens is 1. The zero-order valence-electron chi connectivity index (χ0n) is 11.9. The summed E-state index contributed by atoms with van der Waals surface area (Å²) >= 11 is 6.30. The van der Waals surface area contributed by atoms with Crippen LogP contribution >= 0.6 is 11.6 Å². The Morgan fingerprint density at radius 2 is 2.19 bits per heavy atom. The highest BCUT2D eigenvalue weighted by molar-refractivity contribution is 6.33. The SMILES string of the molecule is CC1(C)C(=O)NCCN1c1c(Cl)cccc1/C=C/C(=O)O. The van der Waals surface area contributed by atoms with Gasteiger partial charge in [0.25, 0.3) is 0 Å². The molecular formula is C15H17ClN2O3. The van der Waals surface area contributed by atoms with Crippen LogP contribution in [0.15, 0.2) is 24.3 Å². The molecule has 1 saturated heterocycles. The number of rotatable bonds is 3. The van der Waals surface area contributed by atoms with E-state index in [1.54, 1.807) is 18.2 Å². The van der Waals surface area contributed by atoms with Crippen LogP contribution in [0.2, 0.25) is 5.02 Å². The van der Waals surface area contributed by atoms with Gasteiger partial charge in [0.1, 0.15) is 5.54 Å². The van der Waals surface area contributed by atoms with Crippen LogP contribution in [-0.2, 0) is 9.59 Å². The molecule has 0 spiro atoms. The first kappa shape index (κ1) is 15.4. The minimum absolute atomic E-state index is 0.0816. The number of carbonyl (C=O) groups is 2. The Bertz CT molecular complexity index is 611. The fraction of sp³-hybridized carbons (Fsp3) is 0.333. The van der Waals surface area contributed by atoms with E-state index >= 15 is 0 Å². The summed E-state index contributed by atoms with van der Waals surface area (Å²) in [6.45, 7) is 4.76. The van der Waals surface area contributed by atoms with E-state index in [0.717, 1.165) is 6.08 Å². The predicted octanol–water partition coefficient (Wildman–Crippen LogP) is 2.15. The fourth-order valence-corrected chi connectivity index (χ4v) is 2.69. The van der Waals surface area contributed by atoms with Gasteiger partial charge < -0.3 is 15.3 Å². The molecule has 1 fully saturated rings. The molecule has 112 valence electrons. The second-order valence-electron chi connectivity index (χ2n) is 5.32. The van der Waals surface area contributed by atoms with Gasteiger partial charge >= 0.3 is 5.97 Å². The molecule has 1 aliphatic heterocycles. The van der Waals surface area contributed by atoms with E-state index in [4.69, 9.17) is 16.7 Å². The quantitative estimate of drug-likeness (QED) is 0.840. The summed E-state index contributed by atoms with van der Waals surface area (Å²) < 4.78 is 0. The monoisotopic (exact) mass is 308 g/mol. The first-order chi connectivity index (χ1) is 9.84. The van der Waals surface area contributed by atoms with Crippen molar-refractivity contribution in [3.8, 4) is 0 Å². The number of carbonyl (C=O) groups excluding carboxylic acids is 1. The van der Waals surface area contributed by atoms with Gasteiger partial charge in [0, 0.05) is 19.2 Å². The Kier molecular flexibility index (Phi) is 4.23. The molecule has 1 aromatic carbocycles. The van der Waals surface area contributed by atoms with Gasteiger partial charge in [-0.05, 0) is 31.6 Å². The topological polar surface area (TPSA) is 69.6 Å². The highest BCUT2D eigenvalue weighted by atomic mass is 35.5. The van der Waals surface area contributed by atoms with Gasteiger partial charge in [0.05, 0.1) is 10.7 Å². The second kappa shape index (κ2) is 5.77. The third kappa shape index (κ3) is 3.03. The number of nitrogens with one attached hydrogen (secondary N) is 1. The largest absolute Gasteiger partial charge is 0.478 e. The van der Waals surface area contributed by atoms with Crippen LogP contribution < -0.4 is 10.2 Å². The van der Waals surface area contributed by atoms with Crippen molar-refractivity contribution in [3.63, 3.8) is 0 Å². The molecule has 6 heteroatoms. The maximum Gasteiger partial charge on any atom is 0.328 e. The third-order valence-corrected chi connectivity index (χ3v) is 3.85. The summed E-state index contributed by atoms with van der Waals surface area (Å²) in [6.07, 6.45) is 2.55. The first-order valence-corrected chi connectivity index (χ1v) is 6.97. The summed E-state index contributed by atoms with van der Waals surface area (Å²) in [6, 6.07) is 5.27. The average molecular weight is 309 g/mol. The lowest BCUT2D eigenvalue weighted by Crippen LogP contribution is -2.62. The van der Waals surface area contributed by atoms with E-state index in [-0.39, 0.29) is 5.91 Å². The molecule has 0 radical (unpaired) electrons. The zero-order chi connectivity index (χ0) is 15.6. The number of nitrogens with zero attached hydrogens (tertiary/aromatic N) is 1. The molecule has 5 nitrogen and oxygen atoms in total. The standard InChI is InChI=1S/C15H17ClN2O3/c1-15(2)14(21)17-8-9-18(15)13-10(6-7-12(19)20)4-3-5-11(13)16/h3-7H,8-9H2,1-2H3,(H,17,21)(H,19,20)/b7-6+. The van der Waals surface area contributed by atoms with Crippen LogP contribution in [-0.4, -0.2) is 35.6 Å². The molecule has 1 aromatic rings. The highest BCUT2D eigenvalue weighted by Crippen LogP contribution is 2.36. The van der Waals surface area contributed by atoms with Crippen LogP contribution in [0, 0.1) is 0 Å². The molecule has 2 N–H and O–H groups in total. The number of carboxylic acids is 1. The number of hydrogen-bond donors (Lipinski definition) is 2. The van der Waals surface area contributed by atoms with Gasteiger partial charge in [0.15, 0.2) is 0 Å². The van der Waals surface area contributed by atoms with Gasteiger partial charge in [-0.1, -0.05) is 23.7 Å². The van der Waals surface area contributed by atoms with E-state index in [0.29, 0.717) is 29.4 Å². The maximum atomic E-state index is 12.1. The number of carboxylic acid groups (broad SMARTS) is 1. The summed E-state index contributed by atoms with van der Waals surface area (Å²) in [4.78, 5) is 24.7. The Hall–Kier alpha value is -2.01. The number of piperazine rings is 1. The highest BCUT2D eigenvalue weighted by Gasteiger charge is 2.39. The van der Waals surface area contributed by atoms with Crippen molar-refractivity contribution in [1.29, 1.82) is 0 Å². The molecule has 1 amide bonds. The zero-order valence-corrected chi connectivity index (χ0v) is 12.6. The van der Waals surface area contributed by atoms with Gasteiger partial charge in [-0.25, -0.2) is 4.79 Å². The molecule has 0 unspecified atom stereocenters. The molecule has 0 bridgehead atoms. The Morgan fingerprint density at radius 1 is 1.48 bits per heavy atom. The molecule has 1 aliphatic rings. The van der Waals surface area contributed by atoms with Crippen molar-refractivity contribution >= 4 is 35.2 Å². The van der Waals surface area contributed by atoms with Crippen LogP contribution in [0.5, 0.6) is 0 Å². The van der Waals surface area contributed by atoms with Gasteiger partial charge in [-0.15, -0.1) is 0 Å². The second-order valence-corrected chi connectivity index (χ2v) is 5.72. The molecule has 2 rings (SSSR count). The van der Waals surface area contributed by atoms with E-state index in [2.05, 4.69) is 5.32 Å². The minimum atomic E-state index is -1.03. The molecule has 1 heterocycles. The molecule has 21 heavy (non-hydrogen) atoms. The Morgan fingerprint density at radius 3 is 2.86 bits per heavy atom. The van der Waals surface area contributed by atoms with E-state index in [1.165, 1.54) is 6.08 Å². The van der Waals surface area contributed by atoms with Crippen molar-refractivity contribution in [2.75, 3.05) is 18.0 Å². The number of amides is 1. The summed E-state index contributed by atoms with van der Waals surface area (Å²) in [5.41, 5.74) is 0.596. The first-order valence-electron chi connectivity index (χ1n) is 6.59. The molecule has 0 aliphatic carbocycles. The van der Waals surface area contributed by atoms with Crippen LogP contribution in [0.1, 0.15) is 19.4 Å². The van der Waals surface area contributed by atoms with Crippen LogP contribution in [0.3, 0.4) is 0 Å². The Labute approximate surface area is 128 Å². The lowest BCUT2D eigenvalue weighted by molar-refractivity contribution is -0.131. The molecule has 0 aromatic heterocycles. The van der Waals surface area contributed by atoms with Crippen LogP contribution in [0.25, 0.3) is 6.08 Å². The lowest BCUT2D eigenvalue weighted by Gasteiger charge is -2.43. The number of hydrogen-bond acceptors (Lipinski definition) is 3. The lowest BCUT2D eigenvalue weighted by atomic mass is 9.96. The maximum absolute atomic E-state index is 12.1. The van der Waals surface area contributed by atoms with Crippen molar-refractivity contribution < 1.29 is 14.7 Å². The molecular weight excluding hydrogens is 292 g/mol. The Balaban J connectivity index is 2.52. The van der Waals surface area contributed by atoms with Crippen molar-refractivity contribution in [3.05, 3.63) is 34.9 Å². The van der Waals surface area contributed by atoms with Gasteiger partial charge in [-0.2, -0.15) is 0 Å². The molecule has 0 saturated carbocycles.